The lowest BCUT2D eigenvalue weighted by Gasteiger charge is -2.03. The van der Waals surface area contributed by atoms with E-state index in [0.29, 0.717) is 11.3 Å². The van der Waals surface area contributed by atoms with Crippen LogP contribution in [0.1, 0.15) is 11.1 Å². The van der Waals surface area contributed by atoms with E-state index in [4.69, 9.17) is 10.5 Å². The van der Waals surface area contributed by atoms with Crippen molar-refractivity contribution in [2.45, 2.75) is 0 Å². The SMILES string of the molecule is N#Cc1cnc(-c2cccc([N+](=O)[O-])c2)c(C#N)c1. The zero-order chi connectivity index (χ0) is 13.8. The predicted octanol–water partition coefficient (Wildman–Crippen LogP) is 2.40. The van der Waals surface area contributed by atoms with Crippen molar-refractivity contribution < 1.29 is 4.92 Å². The molecule has 0 saturated heterocycles. The maximum absolute atomic E-state index is 10.7. The minimum atomic E-state index is -0.515. The normalized spacial score (nSPS) is 9.37. The van der Waals surface area contributed by atoms with Gasteiger partial charge in [-0.05, 0) is 6.07 Å². The van der Waals surface area contributed by atoms with E-state index in [9.17, 15) is 10.1 Å². The van der Waals surface area contributed by atoms with Crippen molar-refractivity contribution in [3.8, 4) is 23.4 Å². The van der Waals surface area contributed by atoms with Crippen molar-refractivity contribution in [3.05, 3.63) is 57.8 Å². The molecule has 2 aromatic rings. The van der Waals surface area contributed by atoms with Crippen LogP contribution >= 0.6 is 0 Å². The Morgan fingerprint density at radius 2 is 2.00 bits per heavy atom. The standard InChI is InChI=1S/C13H6N4O2/c14-6-9-4-11(7-15)13(16-8-9)10-2-1-3-12(5-10)17(18)19/h1-5,8H. The zero-order valence-corrected chi connectivity index (χ0v) is 9.57. The Labute approximate surface area is 108 Å². The van der Waals surface area contributed by atoms with E-state index in [1.165, 1.54) is 30.5 Å². The van der Waals surface area contributed by atoms with E-state index in [1.54, 1.807) is 6.07 Å². The highest BCUT2D eigenvalue weighted by Gasteiger charge is 2.12. The fourth-order valence-corrected chi connectivity index (χ4v) is 1.61. The summed E-state index contributed by atoms with van der Waals surface area (Å²) in [6.45, 7) is 0. The minimum Gasteiger partial charge on any atom is -0.258 e. The molecule has 6 nitrogen and oxygen atoms in total. The summed E-state index contributed by atoms with van der Waals surface area (Å²) in [6, 6.07) is 11.1. The lowest BCUT2D eigenvalue weighted by Crippen LogP contribution is -1.93. The largest absolute Gasteiger partial charge is 0.270 e. The van der Waals surface area contributed by atoms with Gasteiger partial charge in [-0.1, -0.05) is 12.1 Å². The van der Waals surface area contributed by atoms with Crippen LogP contribution in [0, 0.1) is 32.8 Å². The van der Waals surface area contributed by atoms with Gasteiger partial charge < -0.3 is 0 Å². The summed E-state index contributed by atoms with van der Waals surface area (Å²) in [7, 11) is 0. The van der Waals surface area contributed by atoms with Crippen molar-refractivity contribution in [2.24, 2.45) is 0 Å². The second-order valence-corrected chi connectivity index (χ2v) is 3.65. The van der Waals surface area contributed by atoms with E-state index < -0.39 is 4.92 Å². The minimum absolute atomic E-state index is 0.0763. The van der Waals surface area contributed by atoms with Gasteiger partial charge in [0.15, 0.2) is 0 Å². The van der Waals surface area contributed by atoms with Crippen molar-refractivity contribution in [1.82, 2.24) is 4.98 Å². The Hall–Kier alpha value is -3.25. The summed E-state index contributed by atoms with van der Waals surface area (Å²) in [4.78, 5) is 14.2. The van der Waals surface area contributed by atoms with Crippen LogP contribution in [0.3, 0.4) is 0 Å². The first-order valence-electron chi connectivity index (χ1n) is 5.21. The molecule has 19 heavy (non-hydrogen) atoms. The average molecular weight is 250 g/mol. The lowest BCUT2D eigenvalue weighted by atomic mass is 10.0. The molecule has 1 aromatic heterocycles. The topological polar surface area (TPSA) is 104 Å². The van der Waals surface area contributed by atoms with Crippen LogP contribution in [-0.4, -0.2) is 9.91 Å². The quantitative estimate of drug-likeness (QED) is 0.601. The van der Waals surface area contributed by atoms with Gasteiger partial charge >= 0.3 is 0 Å². The van der Waals surface area contributed by atoms with Gasteiger partial charge in [0, 0.05) is 23.9 Å². The van der Waals surface area contributed by atoms with E-state index in [-0.39, 0.29) is 16.8 Å². The molecule has 0 fully saturated rings. The molecule has 0 aliphatic carbocycles. The fraction of sp³-hybridized carbons (Fsp3) is 0. The third-order valence-electron chi connectivity index (χ3n) is 2.47. The first kappa shape index (κ1) is 12.2. The number of benzene rings is 1. The monoisotopic (exact) mass is 250 g/mol. The number of nitriles is 2. The van der Waals surface area contributed by atoms with Crippen LogP contribution in [-0.2, 0) is 0 Å². The summed E-state index contributed by atoms with van der Waals surface area (Å²) in [5.41, 5.74) is 1.19. The summed E-state index contributed by atoms with van der Waals surface area (Å²) in [6.07, 6.45) is 1.33. The summed E-state index contributed by atoms with van der Waals surface area (Å²) in [5, 5.41) is 28.5. The van der Waals surface area contributed by atoms with Gasteiger partial charge in [0.25, 0.3) is 5.69 Å². The molecule has 6 heteroatoms. The molecule has 0 bridgehead atoms. The number of nitrogens with zero attached hydrogens (tertiary/aromatic N) is 4. The van der Waals surface area contributed by atoms with E-state index in [0.717, 1.165) is 0 Å². The molecule has 0 spiro atoms. The number of nitro benzene ring substituents is 1. The number of pyridine rings is 1. The molecule has 0 saturated carbocycles. The summed E-state index contributed by atoms with van der Waals surface area (Å²) in [5.74, 6) is 0. The van der Waals surface area contributed by atoms with E-state index in [2.05, 4.69) is 4.98 Å². The number of hydrogen-bond donors (Lipinski definition) is 0. The third-order valence-corrected chi connectivity index (χ3v) is 2.47. The molecule has 0 atom stereocenters. The van der Waals surface area contributed by atoms with Gasteiger partial charge in [-0.25, -0.2) is 0 Å². The molecular formula is C13H6N4O2. The van der Waals surface area contributed by atoms with Crippen LogP contribution in [0.2, 0.25) is 0 Å². The fourth-order valence-electron chi connectivity index (χ4n) is 1.61. The smallest absolute Gasteiger partial charge is 0.258 e. The van der Waals surface area contributed by atoms with Crippen molar-refractivity contribution in [3.63, 3.8) is 0 Å². The van der Waals surface area contributed by atoms with Crippen molar-refractivity contribution in [1.29, 1.82) is 10.5 Å². The Balaban J connectivity index is 2.60. The van der Waals surface area contributed by atoms with Crippen molar-refractivity contribution in [2.75, 3.05) is 0 Å². The highest BCUT2D eigenvalue weighted by atomic mass is 16.6. The van der Waals surface area contributed by atoms with Crippen LogP contribution in [0.4, 0.5) is 5.69 Å². The average Bonchev–Trinajstić information content (AvgIpc) is 2.46. The summed E-state index contributed by atoms with van der Waals surface area (Å²) < 4.78 is 0. The molecule has 0 amide bonds. The molecular weight excluding hydrogens is 244 g/mol. The molecule has 0 N–H and O–H groups in total. The van der Waals surface area contributed by atoms with Crippen LogP contribution in [0.15, 0.2) is 36.5 Å². The molecule has 0 aliphatic rings. The molecule has 1 heterocycles. The number of rotatable bonds is 2. The predicted molar refractivity (Wildman–Crippen MR) is 65.8 cm³/mol. The molecule has 0 unspecified atom stereocenters. The third kappa shape index (κ3) is 2.38. The Bertz CT molecular complexity index is 741. The Morgan fingerprint density at radius 1 is 1.21 bits per heavy atom. The van der Waals surface area contributed by atoms with Gasteiger partial charge in [-0.2, -0.15) is 10.5 Å². The number of non-ortho nitro benzene ring substituents is 1. The highest BCUT2D eigenvalue weighted by Crippen LogP contribution is 2.25. The lowest BCUT2D eigenvalue weighted by molar-refractivity contribution is -0.384. The highest BCUT2D eigenvalue weighted by molar-refractivity contribution is 5.69. The van der Waals surface area contributed by atoms with Crippen molar-refractivity contribution >= 4 is 5.69 Å². The maximum atomic E-state index is 10.7. The zero-order valence-electron chi connectivity index (χ0n) is 9.57. The van der Waals surface area contributed by atoms with Gasteiger partial charge in [-0.3, -0.25) is 15.1 Å². The van der Waals surface area contributed by atoms with Gasteiger partial charge in [0.1, 0.15) is 12.1 Å². The van der Waals surface area contributed by atoms with Gasteiger partial charge in [-0.15, -0.1) is 0 Å². The summed E-state index contributed by atoms with van der Waals surface area (Å²) >= 11 is 0. The molecule has 0 radical (unpaired) electrons. The van der Waals surface area contributed by atoms with E-state index >= 15 is 0 Å². The number of hydrogen-bond acceptors (Lipinski definition) is 5. The van der Waals surface area contributed by atoms with Gasteiger partial charge in [0.05, 0.1) is 21.7 Å². The molecule has 90 valence electrons. The van der Waals surface area contributed by atoms with Crippen LogP contribution < -0.4 is 0 Å². The van der Waals surface area contributed by atoms with Crippen LogP contribution in [0.5, 0.6) is 0 Å². The number of aromatic nitrogens is 1. The Kier molecular flexibility index (Phi) is 3.18. The van der Waals surface area contributed by atoms with Crippen LogP contribution in [0.25, 0.3) is 11.3 Å². The second-order valence-electron chi connectivity index (χ2n) is 3.65. The Morgan fingerprint density at radius 3 is 2.63 bits per heavy atom. The maximum Gasteiger partial charge on any atom is 0.270 e. The molecule has 1 aromatic carbocycles. The first-order chi connectivity index (χ1) is 9.15. The van der Waals surface area contributed by atoms with E-state index in [1.807, 2.05) is 12.1 Å². The number of nitro groups is 1. The second kappa shape index (κ2) is 4.94. The molecule has 0 aliphatic heterocycles. The van der Waals surface area contributed by atoms with Gasteiger partial charge in [0.2, 0.25) is 0 Å². The molecule has 2 rings (SSSR count). The first-order valence-corrected chi connectivity index (χ1v) is 5.21.